The second-order valence-corrected chi connectivity index (χ2v) is 6.96. The van der Waals surface area contributed by atoms with E-state index in [1.54, 1.807) is 12.1 Å². The van der Waals surface area contributed by atoms with Gasteiger partial charge in [0.25, 0.3) is 0 Å². The normalized spacial score (nSPS) is 11.7. The molecule has 0 amide bonds. The molecule has 1 rings (SSSR count). The number of nitrogen functional groups attached to an aromatic ring is 1. The van der Waals surface area contributed by atoms with E-state index >= 15 is 0 Å². The molecule has 0 fully saturated rings. The molecular weight excluding hydrogens is 318 g/mol. The summed E-state index contributed by atoms with van der Waals surface area (Å²) in [6.45, 7) is 2.86. The molecule has 0 atom stereocenters. The zero-order valence-electron chi connectivity index (χ0n) is 10.4. The van der Waals surface area contributed by atoms with E-state index in [2.05, 4.69) is 22.9 Å². The average molecular weight is 336 g/mol. The van der Waals surface area contributed by atoms with Gasteiger partial charge in [-0.3, -0.25) is 0 Å². The summed E-state index contributed by atoms with van der Waals surface area (Å²) in [6, 6.07) is 4.77. The largest absolute Gasteiger partial charge is 0.398 e. The predicted molar refractivity (Wildman–Crippen MR) is 76.3 cm³/mol. The van der Waals surface area contributed by atoms with Crippen LogP contribution < -0.4 is 5.73 Å². The van der Waals surface area contributed by atoms with Gasteiger partial charge >= 0.3 is 0 Å². The van der Waals surface area contributed by atoms with Crippen molar-refractivity contribution in [2.45, 2.75) is 24.7 Å². The van der Waals surface area contributed by atoms with Gasteiger partial charge in [-0.1, -0.05) is 29.3 Å². The molecule has 0 aliphatic rings. The number of hydrogen-bond donors (Lipinski definition) is 1. The molecule has 6 heteroatoms. The molecule has 0 bridgehead atoms. The van der Waals surface area contributed by atoms with Crippen LogP contribution in [0.15, 0.2) is 27.6 Å². The van der Waals surface area contributed by atoms with Crippen LogP contribution in [-0.4, -0.2) is 27.4 Å². The fourth-order valence-electron chi connectivity index (χ4n) is 1.43. The molecule has 0 aliphatic carbocycles. The number of halogens is 1. The van der Waals surface area contributed by atoms with Crippen molar-refractivity contribution in [1.29, 1.82) is 0 Å². The van der Waals surface area contributed by atoms with Crippen molar-refractivity contribution in [3.05, 3.63) is 22.7 Å². The Morgan fingerprint density at radius 2 is 2.06 bits per heavy atom. The van der Waals surface area contributed by atoms with E-state index in [-0.39, 0.29) is 22.9 Å². The van der Waals surface area contributed by atoms with Gasteiger partial charge in [0.15, 0.2) is 9.84 Å². The van der Waals surface area contributed by atoms with Crippen molar-refractivity contribution >= 4 is 31.5 Å². The zero-order valence-corrected chi connectivity index (χ0v) is 12.8. The summed E-state index contributed by atoms with van der Waals surface area (Å²) in [5.41, 5.74) is 5.97. The lowest BCUT2D eigenvalue weighted by molar-refractivity contribution is 0.146. The standard InChI is InChI=1S/C12H18BrNO3S/c1-2-3-6-17-7-8-18(15,16)12-5-4-10(13)9-11(12)14/h4-5,9H,2-3,6-8,14H2,1H3. The van der Waals surface area contributed by atoms with E-state index in [0.29, 0.717) is 6.61 Å². The van der Waals surface area contributed by atoms with Crippen molar-refractivity contribution in [1.82, 2.24) is 0 Å². The van der Waals surface area contributed by atoms with Crippen LogP contribution in [0.1, 0.15) is 19.8 Å². The van der Waals surface area contributed by atoms with Gasteiger partial charge in [0.2, 0.25) is 0 Å². The lowest BCUT2D eigenvalue weighted by atomic mass is 10.3. The molecule has 1 aromatic rings. The van der Waals surface area contributed by atoms with E-state index in [1.165, 1.54) is 6.07 Å². The van der Waals surface area contributed by atoms with Crippen molar-refractivity contribution in [2.75, 3.05) is 24.7 Å². The lowest BCUT2D eigenvalue weighted by Crippen LogP contribution is -2.14. The number of anilines is 1. The van der Waals surface area contributed by atoms with Crippen LogP contribution in [0.4, 0.5) is 5.69 Å². The number of nitrogens with two attached hydrogens (primary N) is 1. The average Bonchev–Trinajstić information content (AvgIpc) is 2.28. The Labute approximate surface area is 117 Å². The number of sulfone groups is 1. The quantitative estimate of drug-likeness (QED) is 0.614. The maximum Gasteiger partial charge on any atom is 0.182 e. The first-order chi connectivity index (χ1) is 8.47. The first-order valence-corrected chi connectivity index (χ1v) is 8.27. The number of hydrogen-bond acceptors (Lipinski definition) is 4. The van der Waals surface area contributed by atoms with Gasteiger partial charge in [0.05, 0.1) is 22.9 Å². The van der Waals surface area contributed by atoms with Gasteiger partial charge in [-0.25, -0.2) is 8.42 Å². The Morgan fingerprint density at radius 1 is 1.33 bits per heavy atom. The summed E-state index contributed by atoms with van der Waals surface area (Å²) in [4.78, 5) is 0.171. The molecule has 0 aromatic heterocycles. The molecule has 18 heavy (non-hydrogen) atoms. The van der Waals surface area contributed by atoms with Crippen LogP contribution in [0.2, 0.25) is 0 Å². The summed E-state index contributed by atoms with van der Waals surface area (Å²) in [5, 5.41) is 0. The molecule has 0 unspecified atom stereocenters. The number of ether oxygens (including phenoxy) is 1. The Kier molecular flexibility index (Phi) is 6.11. The molecule has 0 saturated carbocycles. The van der Waals surface area contributed by atoms with Crippen LogP contribution in [0, 0.1) is 0 Å². The second-order valence-electron chi connectivity index (χ2n) is 3.97. The Hall–Kier alpha value is -0.590. The number of unbranched alkanes of at least 4 members (excludes halogenated alkanes) is 1. The second kappa shape index (κ2) is 7.11. The van der Waals surface area contributed by atoms with Crippen molar-refractivity contribution in [3.63, 3.8) is 0 Å². The zero-order chi connectivity index (χ0) is 13.6. The van der Waals surface area contributed by atoms with Gasteiger partial charge in [-0.05, 0) is 24.6 Å². The summed E-state index contributed by atoms with van der Waals surface area (Å²) in [7, 11) is -3.37. The van der Waals surface area contributed by atoms with Crippen molar-refractivity contribution in [3.8, 4) is 0 Å². The molecule has 4 nitrogen and oxygen atoms in total. The first kappa shape index (κ1) is 15.5. The molecule has 2 N–H and O–H groups in total. The van der Waals surface area contributed by atoms with Gasteiger partial charge in [-0.15, -0.1) is 0 Å². The van der Waals surface area contributed by atoms with E-state index in [1.807, 2.05) is 0 Å². The van der Waals surface area contributed by atoms with Gasteiger partial charge < -0.3 is 10.5 Å². The van der Waals surface area contributed by atoms with E-state index in [9.17, 15) is 8.42 Å². The van der Waals surface area contributed by atoms with Crippen LogP contribution in [0.3, 0.4) is 0 Å². The molecule has 102 valence electrons. The van der Waals surface area contributed by atoms with E-state index in [4.69, 9.17) is 10.5 Å². The van der Waals surface area contributed by atoms with Gasteiger partial charge in [0, 0.05) is 11.1 Å². The molecule has 0 saturated heterocycles. The van der Waals surface area contributed by atoms with Crippen molar-refractivity contribution < 1.29 is 13.2 Å². The monoisotopic (exact) mass is 335 g/mol. The predicted octanol–water partition coefficient (Wildman–Crippen LogP) is 2.62. The number of benzene rings is 1. The minimum absolute atomic E-state index is 0.0391. The van der Waals surface area contributed by atoms with Crippen LogP contribution in [0.5, 0.6) is 0 Å². The smallest absolute Gasteiger partial charge is 0.182 e. The molecule has 0 spiro atoms. The van der Waals surface area contributed by atoms with E-state index in [0.717, 1.165) is 17.3 Å². The van der Waals surface area contributed by atoms with Crippen LogP contribution in [-0.2, 0) is 14.6 Å². The molecule has 0 radical (unpaired) electrons. The van der Waals surface area contributed by atoms with E-state index < -0.39 is 9.84 Å². The number of rotatable bonds is 7. The van der Waals surface area contributed by atoms with Gasteiger partial charge in [-0.2, -0.15) is 0 Å². The van der Waals surface area contributed by atoms with Gasteiger partial charge in [0.1, 0.15) is 0 Å². The topological polar surface area (TPSA) is 69.4 Å². The highest BCUT2D eigenvalue weighted by Crippen LogP contribution is 2.23. The first-order valence-electron chi connectivity index (χ1n) is 5.83. The van der Waals surface area contributed by atoms with Crippen LogP contribution >= 0.6 is 15.9 Å². The maximum atomic E-state index is 12.0. The minimum Gasteiger partial charge on any atom is -0.398 e. The molecule has 0 heterocycles. The SMILES string of the molecule is CCCCOCCS(=O)(=O)c1ccc(Br)cc1N. The Bertz CT molecular complexity index is 488. The minimum atomic E-state index is -3.37. The summed E-state index contributed by atoms with van der Waals surface area (Å²) < 4.78 is 30.1. The lowest BCUT2D eigenvalue weighted by Gasteiger charge is -2.08. The van der Waals surface area contributed by atoms with Crippen LogP contribution in [0.25, 0.3) is 0 Å². The molecule has 0 aliphatic heterocycles. The fraction of sp³-hybridized carbons (Fsp3) is 0.500. The summed E-state index contributed by atoms with van der Waals surface area (Å²) in [6.07, 6.45) is 1.98. The highest BCUT2D eigenvalue weighted by Gasteiger charge is 2.17. The molecular formula is C12H18BrNO3S. The third kappa shape index (κ3) is 4.59. The molecule has 1 aromatic carbocycles. The Balaban J connectivity index is 2.63. The van der Waals surface area contributed by atoms with Crippen molar-refractivity contribution in [2.24, 2.45) is 0 Å². The third-order valence-electron chi connectivity index (χ3n) is 2.45. The summed E-state index contributed by atoms with van der Waals surface area (Å²) in [5.74, 6) is -0.0391. The summed E-state index contributed by atoms with van der Waals surface area (Å²) >= 11 is 3.24. The fourth-order valence-corrected chi connectivity index (χ4v) is 3.06. The highest BCUT2D eigenvalue weighted by molar-refractivity contribution is 9.10. The maximum absolute atomic E-state index is 12.0. The Morgan fingerprint density at radius 3 is 2.67 bits per heavy atom. The highest BCUT2D eigenvalue weighted by atomic mass is 79.9. The third-order valence-corrected chi connectivity index (χ3v) is 4.68.